The van der Waals surface area contributed by atoms with Crippen molar-refractivity contribution in [3.63, 3.8) is 0 Å². The van der Waals surface area contributed by atoms with E-state index in [9.17, 15) is 18.4 Å². The van der Waals surface area contributed by atoms with Crippen molar-refractivity contribution in [1.82, 2.24) is 4.98 Å². The second-order valence-corrected chi connectivity index (χ2v) is 7.59. The Balaban J connectivity index is 2.69. The number of aryl methyl sites for hydroxylation is 1. The number of ether oxygens (including phenoxy) is 1. The van der Waals surface area contributed by atoms with Crippen LogP contribution in [0.1, 0.15) is 35.5 Å². The molecule has 2 aromatic rings. The first-order valence-electron chi connectivity index (χ1n) is 7.76. The number of benzene rings is 1. The van der Waals surface area contributed by atoms with Crippen LogP contribution in [0.5, 0.6) is 0 Å². The number of halogens is 5. The Kier molecular flexibility index (Phi) is 7.19. The van der Waals surface area contributed by atoms with Gasteiger partial charge >= 0.3 is 11.4 Å². The van der Waals surface area contributed by atoms with E-state index < -0.39 is 28.2 Å². The summed E-state index contributed by atoms with van der Waals surface area (Å²) in [6, 6.07) is 4.25. The van der Waals surface area contributed by atoms with Gasteiger partial charge in [0.15, 0.2) is 0 Å². The summed E-state index contributed by atoms with van der Waals surface area (Å²) in [6.45, 7) is 3.44. The van der Waals surface area contributed by atoms with E-state index in [0.717, 1.165) is 23.4 Å². The number of H-pyrrole nitrogens is 1. The highest BCUT2D eigenvalue weighted by Gasteiger charge is 2.32. The SMILES string of the molecule is CCOC(=O)c1c(Sc2c(Cl)ccc(CC)c2Cl)cc(C(F)(F)Cl)[nH]c1=O. The van der Waals surface area contributed by atoms with E-state index in [4.69, 9.17) is 39.5 Å². The van der Waals surface area contributed by atoms with Gasteiger partial charge in [-0.25, -0.2) is 4.79 Å². The summed E-state index contributed by atoms with van der Waals surface area (Å²) in [7, 11) is 0. The fourth-order valence-corrected chi connectivity index (χ4v) is 4.11. The molecular weight excluding hydrogens is 443 g/mol. The minimum atomic E-state index is -3.83. The summed E-state index contributed by atoms with van der Waals surface area (Å²) in [5.74, 6) is -0.954. The lowest BCUT2D eigenvalue weighted by Crippen LogP contribution is -2.24. The summed E-state index contributed by atoms with van der Waals surface area (Å²) in [5.41, 5.74) is -1.56. The normalized spacial score (nSPS) is 11.5. The van der Waals surface area contributed by atoms with Gasteiger partial charge in [-0.05, 0) is 42.6 Å². The molecule has 10 heteroatoms. The second kappa shape index (κ2) is 8.82. The summed E-state index contributed by atoms with van der Waals surface area (Å²) in [5, 5.41) is -3.28. The van der Waals surface area contributed by atoms with Crippen LogP contribution in [0.3, 0.4) is 0 Å². The topological polar surface area (TPSA) is 59.2 Å². The number of esters is 1. The van der Waals surface area contributed by atoms with Gasteiger partial charge in [0.25, 0.3) is 5.56 Å². The van der Waals surface area contributed by atoms with Crippen molar-refractivity contribution < 1.29 is 18.3 Å². The van der Waals surface area contributed by atoms with Gasteiger partial charge in [-0.3, -0.25) is 4.79 Å². The van der Waals surface area contributed by atoms with Crippen molar-refractivity contribution in [1.29, 1.82) is 0 Å². The van der Waals surface area contributed by atoms with Gasteiger partial charge in [0.05, 0.1) is 16.7 Å². The lowest BCUT2D eigenvalue weighted by molar-refractivity contribution is 0.0517. The molecule has 0 spiro atoms. The zero-order valence-corrected chi connectivity index (χ0v) is 17.3. The third-order valence-electron chi connectivity index (χ3n) is 3.50. The van der Waals surface area contributed by atoms with Crippen LogP contribution in [0, 0.1) is 0 Å². The molecule has 1 aromatic heterocycles. The average molecular weight is 457 g/mol. The molecule has 0 saturated heterocycles. The van der Waals surface area contributed by atoms with Crippen molar-refractivity contribution >= 4 is 52.5 Å². The highest BCUT2D eigenvalue weighted by Crippen LogP contribution is 2.42. The molecule has 0 atom stereocenters. The maximum atomic E-state index is 13.5. The summed E-state index contributed by atoms with van der Waals surface area (Å²) in [6.07, 6.45) is 0.606. The third kappa shape index (κ3) is 4.96. The molecule has 0 amide bonds. The van der Waals surface area contributed by atoms with Crippen LogP contribution in [-0.2, 0) is 16.5 Å². The number of hydrogen-bond acceptors (Lipinski definition) is 4. The fourth-order valence-electron chi connectivity index (χ4n) is 2.22. The molecule has 0 radical (unpaired) electrons. The molecule has 146 valence electrons. The highest BCUT2D eigenvalue weighted by atomic mass is 35.5. The molecular formula is C17H14Cl3F2NO3S. The van der Waals surface area contributed by atoms with Crippen LogP contribution in [0.2, 0.25) is 10.0 Å². The molecule has 0 saturated carbocycles. The summed E-state index contributed by atoms with van der Waals surface area (Å²) in [4.78, 5) is 26.6. The lowest BCUT2D eigenvalue weighted by Gasteiger charge is -2.15. The zero-order valence-electron chi connectivity index (χ0n) is 14.2. The van der Waals surface area contributed by atoms with E-state index in [1.54, 1.807) is 19.1 Å². The Morgan fingerprint density at radius 1 is 1.30 bits per heavy atom. The standard InChI is InChI=1S/C17H14Cl3F2NO3S/c1-3-8-5-6-9(18)14(13(8)19)27-10-7-11(17(20,21)22)23-15(24)12(10)16(25)26-4-2/h5-7H,3-4H2,1-2H3,(H,23,24). The van der Waals surface area contributed by atoms with Crippen LogP contribution < -0.4 is 5.56 Å². The van der Waals surface area contributed by atoms with Crippen molar-refractivity contribution in [3.05, 3.63) is 55.4 Å². The maximum absolute atomic E-state index is 13.5. The summed E-state index contributed by atoms with van der Waals surface area (Å²) >= 11 is 18.4. The largest absolute Gasteiger partial charge is 0.462 e. The number of rotatable bonds is 6. The smallest absolute Gasteiger partial charge is 0.362 e. The number of alkyl halides is 3. The molecule has 1 heterocycles. The second-order valence-electron chi connectivity index (χ2n) is 5.27. The van der Waals surface area contributed by atoms with E-state index in [1.807, 2.05) is 11.9 Å². The zero-order chi connectivity index (χ0) is 20.4. The van der Waals surface area contributed by atoms with Crippen LogP contribution in [0.4, 0.5) is 8.78 Å². The van der Waals surface area contributed by atoms with Crippen molar-refractivity contribution in [2.45, 2.75) is 35.4 Å². The van der Waals surface area contributed by atoms with Gasteiger partial charge in [0.1, 0.15) is 11.3 Å². The first-order valence-corrected chi connectivity index (χ1v) is 9.71. The van der Waals surface area contributed by atoms with Crippen LogP contribution in [0.25, 0.3) is 0 Å². The monoisotopic (exact) mass is 455 g/mol. The lowest BCUT2D eigenvalue weighted by atomic mass is 10.2. The summed E-state index contributed by atoms with van der Waals surface area (Å²) < 4.78 is 31.9. The number of hydrogen-bond donors (Lipinski definition) is 1. The van der Waals surface area contributed by atoms with E-state index in [1.165, 1.54) is 0 Å². The van der Waals surface area contributed by atoms with E-state index in [-0.39, 0.29) is 16.5 Å². The Bertz CT molecular complexity index is 929. The molecule has 0 bridgehead atoms. The highest BCUT2D eigenvalue weighted by molar-refractivity contribution is 7.99. The molecule has 0 unspecified atom stereocenters. The first-order chi connectivity index (χ1) is 12.6. The van der Waals surface area contributed by atoms with E-state index >= 15 is 0 Å². The molecule has 1 aromatic carbocycles. The maximum Gasteiger partial charge on any atom is 0.362 e. The number of aromatic nitrogens is 1. The molecule has 4 nitrogen and oxygen atoms in total. The molecule has 2 rings (SSSR count). The van der Waals surface area contributed by atoms with Gasteiger partial charge in [-0.1, -0.05) is 48.0 Å². The fraction of sp³-hybridized carbons (Fsp3) is 0.294. The van der Waals surface area contributed by atoms with Crippen molar-refractivity contribution in [3.8, 4) is 0 Å². The Hall–Kier alpha value is -1.28. The van der Waals surface area contributed by atoms with Gasteiger partial charge in [-0.15, -0.1) is 0 Å². The molecule has 0 aliphatic heterocycles. The third-order valence-corrected chi connectivity index (χ3v) is 5.85. The number of carbonyl (C=O) groups is 1. The van der Waals surface area contributed by atoms with E-state index in [2.05, 4.69) is 0 Å². The Morgan fingerprint density at radius 2 is 1.96 bits per heavy atom. The minimum absolute atomic E-state index is 0.00261. The molecule has 1 N–H and O–H groups in total. The predicted octanol–water partition coefficient (Wildman–Crippen LogP) is 5.86. The number of nitrogens with one attached hydrogen (secondary N) is 1. The predicted molar refractivity (Wildman–Crippen MR) is 103 cm³/mol. The number of aromatic amines is 1. The van der Waals surface area contributed by atoms with Crippen molar-refractivity contribution in [2.75, 3.05) is 6.61 Å². The minimum Gasteiger partial charge on any atom is -0.462 e. The Labute approximate surface area is 173 Å². The van der Waals surface area contributed by atoms with E-state index in [0.29, 0.717) is 16.3 Å². The first kappa shape index (κ1) is 22.0. The Morgan fingerprint density at radius 3 is 2.52 bits per heavy atom. The van der Waals surface area contributed by atoms with Crippen LogP contribution >= 0.6 is 46.6 Å². The van der Waals surface area contributed by atoms with Gasteiger partial charge in [0.2, 0.25) is 0 Å². The van der Waals surface area contributed by atoms with Gasteiger partial charge in [0, 0.05) is 9.79 Å². The number of pyridine rings is 1. The molecule has 0 fully saturated rings. The van der Waals surface area contributed by atoms with Crippen LogP contribution in [-0.4, -0.2) is 17.6 Å². The van der Waals surface area contributed by atoms with Crippen LogP contribution in [0.15, 0.2) is 32.8 Å². The molecule has 27 heavy (non-hydrogen) atoms. The number of carbonyl (C=O) groups excluding carboxylic acids is 1. The molecule has 0 aliphatic carbocycles. The molecule has 0 aliphatic rings. The quantitative estimate of drug-likeness (QED) is 0.437. The van der Waals surface area contributed by atoms with Gasteiger partial charge < -0.3 is 9.72 Å². The average Bonchev–Trinajstić information content (AvgIpc) is 2.57. The van der Waals surface area contributed by atoms with Crippen molar-refractivity contribution in [2.24, 2.45) is 0 Å². The van der Waals surface area contributed by atoms with Gasteiger partial charge in [-0.2, -0.15) is 8.78 Å².